The smallest absolute Gasteiger partial charge is 0.162 e. The third kappa shape index (κ3) is 10.8. The fourth-order valence-electron chi connectivity index (χ4n) is 5.90. The van der Waals surface area contributed by atoms with Gasteiger partial charge in [-0.15, -0.1) is 0 Å². The van der Waals surface area contributed by atoms with Crippen LogP contribution in [0.5, 0.6) is 0 Å². The average Bonchev–Trinajstić information content (AvgIpc) is 3.20. The van der Waals surface area contributed by atoms with Crippen LogP contribution in [0.2, 0.25) is 0 Å². The van der Waals surface area contributed by atoms with Crippen molar-refractivity contribution in [3.63, 3.8) is 0 Å². The summed E-state index contributed by atoms with van der Waals surface area (Å²) in [5, 5.41) is 29.7. The first-order valence-corrected chi connectivity index (χ1v) is 15.7. The molecule has 2 aliphatic rings. The fourth-order valence-corrected chi connectivity index (χ4v) is 5.90. The Kier molecular flexibility index (Phi) is 13.9. The van der Waals surface area contributed by atoms with Crippen LogP contribution in [0.3, 0.4) is 0 Å². The molecule has 0 saturated heterocycles. The van der Waals surface area contributed by atoms with Crippen molar-refractivity contribution in [2.75, 3.05) is 13.2 Å². The molecule has 2 rings (SSSR count). The molecule has 0 aromatic heterocycles. The number of carbonyl (C=O) groups excluding carboxylic acids is 2. The maximum Gasteiger partial charge on any atom is 0.162 e. The Morgan fingerprint density at radius 1 is 0.844 bits per heavy atom. The summed E-state index contributed by atoms with van der Waals surface area (Å²) in [5.41, 5.74) is 4.00. The van der Waals surface area contributed by atoms with Gasteiger partial charge in [0.1, 0.15) is 5.78 Å². The van der Waals surface area contributed by atoms with E-state index in [0.29, 0.717) is 18.4 Å². The normalized spacial score (nSPS) is 27.0. The number of aliphatic hydroxyl groups is 3. The molecule has 242 valence electrons. The Labute approximate surface area is 270 Å². The van der Waals surface area contributed by atoms with Crippen LogP contribution >= 0.6 is 0 Å². The van der Waals surface area contributed by atoms with E-state index in [1.165, 1.54) is 6.08 Å². The minimum atomic E-state index is -0.886. The van der Waals surface area contributed by atoms with Crippen LogP contribution in [0.15, 0.2) is 106 Å². The van der Waals surface area contributed by atoms with E-state index in [4.69, 9.17) is 0 Å². The largest absolute Gasteiger partial charge is 0.396 e. The lowest BCUT2D eigenvalue weighted by Crippen LogP contribution is -2.41. The van der Waals surface area contributed by atoms with Crippen LogP contribution in [-0.4, -0.2) is 46.2 Å². The molecule has 0 amide bonds. The van der Waals surface area contributed by atoms with Crippen LogP contribution in [0.4, 0.5) is 0 Å². The van der Waals surface area contributed by atoms with E-state index in [-0.39, 0.29) is 49.1 Å². The van der Waals surface area contributed by atoms with Gasteiger partial charge in [0.15, 0.2) is 5.78 Å². The number of carbonyl (C=O) groups is 2. The molecule has 0 bridgehead atoms. The van der Waals surface area contributed by atoms with Gasteiger partial charge < -0.3 is 15.3 Å². The molecule has 0 heterocycles. The summed E-state index contributed by atoms with van der Waals surface area (Å²) >= 11 is 0. The SMILES string of the molecule is CC(C=CC=C(C)C=CC(=O)C1(C)CC(=O)CC1(C)CO)=CC=CC=C(C)C=CC=C(C#CC1=C(C)CC(O)CC1(C)C)CO. The zero-order valence-corrected chi connectivity index (χ0v) is 28.4. The lowest BCUT2D eigenvalue weighted by molar-refractivity contribution is -0.130. The Balaban J connectivity index is 1.95. The maximum absolute atomic E-state index is 12.9. The summed E-state index contributed by atoms with van der Waals surface area (Å²) in [5.74, 6) is 6.25. The highest BCUT2D eigenvalue weighted by Crippen LogP contribution is 2.51. The van der Waals surface area contributed by atoms with Crippen molar-refractivity contribution in [3.8, 4) is 11.8 Å². The highest BCUT2D eigenvalue weighted by atomic mass is 16.3. The van der Waals surface area contributed by atoms with Crippen LogP contribution in [0.1, 0.15) is 81.1 Å². The van der Waals surface area contributed by atoms with Crippen LogP contribution in [0, 0.1) is 28.1 Å². The van der Waals surface area contributed by atoms with Gasteiger partial charge in [0.05, 0.1) is 12.7 Å². The molecule has 0 aromatic carbocycles. The summed E-state index contributed by atoms with van der Waals surface area (Å²) in [6, 6.07) is 0. The molecule has 5 heteroatoms. The number of rotatable bonds is 11. The average molecular weight is 613 g/mol. The summed E-state index contributed by atoms with van der Waals surface area (Å²) in [4.78, 5) is 25.0. The summed E-state index contributed by atoms with van der Waals surface area (Å²) in [6.07, 6.45) is 24.1. The van der Waals surface area contributed by atoms with Crippen LogP contribution < -0.4 is 0 Å². The van der Waals surface area contributed by atoms with Gasteiger partial charge in [-0.05, 0) is 52.7 Å². The molecule has 3 atom stereocenters. The molecule has 45 heavy (non-hydrogen) atoms. The second kappa shape index (κ2) is 16.7. The zero-order valence-electron chi connectivity index (χ0n) is 28.4. The number of Topliss-reactive ketones (excluding diaryl/α,β-unsaturated/α-hetero) is 1. The quantitative estimate of drug-likeness (QED) is 0.128. The topological polar surface area (TPSA) is 94.8 Å². The van der Waals surface area contributed by atoms with Gasteiger partial charge in [0.25, 0.3) is 0 Å². The van der Waals surface area contributed by atoms with Crippen LogP contribution in [0.25, 0.3) is 0 Å². The highest BCUT2D eigenvalue weighted by Gasteiger charge is 2.55. The maximum atomic E-state index is 12.9. The third-order valence-electron chi connectivity index (χ3n) is 8.97. The second-order valence-corrected chi connectivity index (χ2v) is 13.7. The van der Waals surface area contributed by atoms with Gasteiger partial charge in [-0.3, -0.25) is 9.59 Å². The lowest BCUT2D eigenvalue weighted by Gasteiger charge is -2.36. The Hall–Kier alpha value is -3.56. The van der Waals surface area contributed by atoms with Gasteiger partial charge in [-0.1, -0.05) is 123 Å². The standard InChI is InChI=1S/C40H52O5/c1-29(15-11-16-31(3)19-22-37(45)40(8)26-35(44)25-39(40,7)28-42)13-9-10-14-30(2)17-12-18-33(27-41)20-21-36-32(4)23-34(43)24-38(36,5)6/h9-19,22,34,41-43H,23-28H2,1-8H3. The molecule has 0 aromatic rings. The fraction of sp³-hybridized carbons (Fsp3) is 0.450. The summed E-state index contributed by atoms with van der Waals surface area (Å²) in [6.45, 7) is 15.4. The van der Waals surface area contributed by atoms with E-state index >= 15 is 0 Å². The van der Waals surface area contributed by atoms with Gasteiger partial charge >= 0.3 is 0 Å². The lowest BCUT2D eigenvalue weighted by atomic mass is 9.66. The molecule has 2 aliphatic carbocycles. The molecular formula is C40H52O5. The first-order chi connectivity index (χ1) is 21.1. The number of allylic oxidation sites excluding steroid dienone is 16. The van der Waals surface area contributed by atoms with E-state index in [0.717, 1.165) is 27.9 Å². The molecule has 3 N–H and O–H groups in total. The first kappa shape index (κ1) is 37.6. The second-order valence-electron chi connectivity index (χ2n) is 13.7. The van der Waals surface area contributed by atoms with E-state index in [1.54, 1.807) is 19.9 Å². The monoisotopic (exact) mass is 612 g/mol. The van der Waals surface area contributed by atoms with E-state index in [1.807, 2.05) is 88.5 Å². The van der Waals surface area contributed by atoms with Gasteiger partial charge in [-0.2, -0.15) is 0 Å². The van der Waals surface area contributed by atoms with Crippen LogP contribution in [-0.2, 0) is 9.59 Å². The first-order valence-electron chi connectivity index (χ1n) is 15.7. The number of ketones is 2. The molecule has 0 aliphatic heterocycles. The Bertz CT molecular complexity index is 1460. The minimum Gasteiger partial charge on any atom is -0.396 e. The third-order valence-corrected chi connectivity index (χ3v) is 8.97. The Morgan fingerprint density at radius 3 is 1.96 bits per heavy atom. The molecule has 0 spiro atoms. The van der Waals surface area contributed by atoms with Gasteiger partial charge in [0, 0.05) is 46.8 Å². The van der Waals surface area contributed by atoms with E-state index in [9.17, 15) is 24.9 Å². The molecule has 3 unspecified atom stereocenters. The minimum absolute atomic E-state index is 0.0189. The van der Waals surface area contributed by atoms with Crippen molar-refractivity contribution < 1.29 is 24.9 Å². The van der Waals surface area contributed by atoms with Gasteiger partial charge in [-0.25, -0.2) is 0 Å². The molecule has 1 saturated carbocycles. The van der Waals surface area contributed by atoms with Crippen molar-refractivity contribution in [3.05, 3.63) is 106 Å². The van der Waals surface area contributed by atoms with Crippen molar-refractivity contribution in [1.82, 2.24) is 0 Å². The summed E-state index contributed by atoms with van der Waals surface area (Å²) < 4.78 is 0. The molecule has 1 fully saturated rings. The van der Waals surface area contributed by atoms with Crippen molar-refractivity contribution >= 4 is 11.6 Å². The van der Waals surface area contributed by atoms with E-state index < -0.39 is 10.8 Å². The number of aliphatic hydroxyl groups excluding tert-OH is 3. The van der Waals surface area contributed by atoms with Crippen molar-refractivity contribution in [2.45, 2.75) is 87.2 Å². The Morgan fingerprint density at radius 2 is 1.40 bits per heavy atom. The summed E-state index contributed by atoms with van der Waals surface area (Å²) in [7, 11) is 0. The molecule has 5 nitrogen and oxygen atoms in total. The number of hydrogen-bond acceptors (Lipinski definition) is 5. The van der Waals surface area contributed by atoms with Crippen molar-refractivity contribution in [1.29, 1.82) is 0 Å². The van der Waals surface area contributed by atoms with Gasteiger partial charge in [0.2, 0.25) is 0 Å². The number of hydrogen-bond donors (Lipinski definition) is 3. The van der Waals surface area contributed by atoms with E-state index in [2.05, 4.69) is 25.7 Å². The predicted octanol–water partition coefficient (Wildman–Crippen LogP) is 7.41. The molecular weight excluding hydrogens is 560 g/mol. The zero-order chi connectivity index (χ0) is 33.8. The highest BCUT2D eigenvalue weighted by molar-refractivity contribution is 6.01. The predicted molar refractivity (Wildman–Crippen MR) is 185 cm³/mol. The van der Waals surface area contributed by atoms with Crippen molar-refractivity contribution in [2.24, 2.45) is 16.2 Å². The molecule has 0 radical (unpaired) electrons.